The molecular weight excluding hydrogens is 362 g/mol. The second-order valence-corrected chi connectivity index (χ2v) is 7.23. The van der Waals surface area contributed by atoms with Crippen molar-refractivity contribution < 1.29 is 4.79 Å². The normalized spacial score (nSPS) is 17.1. The standard InChI is InChI=1S/C20H20ClN5O/c1-13-4-2-6-18(24-13)25-20(27)14-5-3-9-26(11-14)19-16-8-7-15(21)10-17(16)22-12-23-19/h2,4,6-8,10,12,14H,3,5,9,11H2,1H3,(H,24,25,27). The monoisotopic (exact) mass is 381 g/mol. The molecule has 1 fully saturated rings. The molecule has 1 amide bonds. The molecule has 1 atom stereocenters. The molecule has 0 aliphatic carbocycles. The van der Waals surface area contributed by atoms with Gasteiger partial charge in [-0.1, -0.05) is 17.7 Å². The van der Waals surface area contributed by atoms with Crippen LogP contribution in [0.1, 0.15) is 18.5 Å². The maximum Gasteiger partial charge on any atom is 0.230 e. The third-order valence-corrected chi connectivity index (χ3v) is 5.04. The zero-order valence-corrected chi connectivity index (χ0v) is 15.8. The summed E-state index contributed by atoms with van der Waals surface area (Å²) in [5, 5.41) is 4.54. The fourth-order valence-electron chi connectivity index (χ4n) is 3.49. The maximum absolute atomic E-state index is 12.7. The fraction of sp³-hybridized carbons (Fsp3) is 0.300. The molecule has 27 heavy (non-hydrogen) atoms. The summed E-state index contributed by atoms with van der Waals surface area (Å²) >= 11 is 6.08. The third-order valence-electron chi connectivity index (χ3n) is 4.81. The van der Waals surface area contributed by atoms with Crippen molar-refractivity contribution in [1.82, 2.24) is 15.0 Å². The Morgan fingerprint density at radius 2 is 2.15 bits per heavy atom. The van der Waals surface area contributed by atoms with Gasteiger partial charge in [0.1, 0.15) is 18.0 Å². The van der Waals surface area contributed by atoms with Gasteiger partial charge in [-0.2, -0.15) is 0 Å². The smallest absolute Gasteiger partial charge is 0.230 e. The number of nitrogens with zero attached hydrogens (tertiary/aromatic N) is 4. The van der Waals surface area contributed by atoms with Gasteiger partial charge in [-0.15, -0.1) is 0 Å². The van der Waals surface area contributed by atoms with Gasteiger partial charge in [0, 0.05) is 29.2 Å². The van der Waals surface area contributed by atoms with Gasteiger partial charge in [0.05, 0.1) is 11.4 Å². The van der Waals surface area contributed by atoms with Gasteiger partial charge >= 0.3 is 0 Å². The number of nitrogens with one attached hydrogen (secondary N) is 1. The van der Waals surface area contributed by atoms with Crippen molar-refractivity contribution in [3.8, 4) is 0 Å². The summed E-state index contributed by atoms with van der Waals surface area (Å²) in [4.78, 5) is 28.0. The van der Waals surface area contributed by atoms with Crippen LogP contribution in [0, 0.1) is 12.8 Å². The zero-order chi connectivity index (χ0) is 18.8. The van der Waals surface area contributed by atoms with Crippen LogP contribution in [-0.4, -0.2) is 33.9 Å². The van der Waals surface area contributed by atoms with Crippen LogP contribution in [0.25, 0.3) is 10.9 Å². The fourth-order valence-corrected chi connectivity index (χ4v) is 3.66. The lowest BCUT2D eigenvalue weighted by atomic mass is 9.97. The average molecular weight is 382 g/mol. The summed E-state index contributed by atoms with van der Waals surface area (Å²) in [5.74, 6) is 1.33. The van der Waals surface area contributed by atoms with Crippen molar-refractivity contribution in [2.24, 2.45) is 5.92 Å². The first-order valence-electron chi connectivity index (χ1n) is 9.00. The lowest BCUT2D eigenvalue weighted by Crippen LogP contribution is -2.41. The van der Waals surface area contributed by atoms with E-state index in [-0.39, 0.29) is 11.8 Å². The number of carbonyl (C=O) groups excluding carboxylic acids is 1. The van der Waals surface area contributed by atoms with E-state index in [0.29, 0.717) is 17.4 Å². The summed E-state index contributed by atoms with van der Waals surface area (Å²) in [5.41, 5.74) is 1.69. The molecule has 3 aromatic rings. The lowest BCUT2D eigenvalue weighted by Gasteiger charge is -2.33. The second kappa shape index (κ2) is 7.48. The Balaban J connectivity index is 1.54. The van der Waals surface area contributed by atoms with E-state index in [2.05, 4.69) is 25.2 Å². The van der Waals surface area contributed by atoms with Crippen LogP contribution in [0.4, 0.5) is 11.6 Å². The highest BCUT2D eigenvalue weighted by Gasteiger charge is 2.27. The van der Waals surface area contributed by atoms with E-state index in [9.17, 15) is 4.79 Å². The van der Waals surface area contributed by atoms with Gasteiger partial charge in [0.15, 0.2) is 0 Å². The Kier molecular flexibility index (Phi) is 4.90. The minimum absolute atomic E-state index is 0.000735. The van der Waals surface area contributed by atoms with Gasteiger partial charge in [-0.3, -0.25) is 4.79 Å². The summed E-state index contributed by atoms with van der Waals surface area (Å²) in [7, 11) is 0. The third kappa shape index (κ3) is 3.85. The van der Waals surface area contributed by atoms with Gasteiger partial charge in [0.2, 0.25) is 5.91 Å². The largest absolute Gasteiger partial charge is 0.355 e. The molecule has 0 spiro atoms. The van der Waals surface area contributed by atoms with Gasteiger partial charge in [-0.25, -0.2) is 15.0 Å². The first-order valence-corrected chi connectivity index (χ1v) is 9.38. The Hall–Kier alpha value is -2.73. The molecule has 0 radical (unpaired) electrons. The first-order chi connectivity index (χ1) is 13.1. The number of pyridine rings is 1. The summed E-state index contributed by atoms with van der Waals surface area (Å²) < 4.78 is 0. The Labute approximate surface area is 162 Å². The van der Waals surface area contributed by atoms with Crippen molar-refractivity contribution >= 4 is 40.0 Å². The van der Waals surface area contributed by atoms with Crippen LogP contribution < -0.4 is 10.2 Å². The number of rotatable bonds is 3. The minimum Gasteiger partial charge on any atom is -0.355 e. The lowest BCUT2D eigenvalue weighted by molar-refractivity contribution is -0.120. The van der Waals surface area contributed by atoms with Crippen molar-refractivity contribution in [1.29, 1.82) is 0 Å². The van der Waals surface area contributed by atoms with Crippen LogP contribution in [0.5, 0.6) is 0 Å². The van der Waals surface area contributed by atoms with Crippen molar-refractivity contribution in [2.75, 3.05) is 23.3 Å². The number of anilines is 2. The van der Waals surface area contributed by atoms with E-state index in [1.54, 1.807) is 6.33 Å². The van der Waals surface area contributed by atoms with E-state index in [1.807, 2.05) is 43.3 Å². The number of carbonyl (C=O) groups is 1. The molecule has 1 saturated heterocycles. The summed E-state index contributed by atoms with van der Waals surface area (Å²) in [6.45, 7) is 3.39. The van der Waals surface area contributed by atoms with E-state index in [4.69, 9.17) is 11.6 Å². The van der Waals surface area contributed by atoms with Crippen LogP contribution in [0.2, 0.25) is 5.02 Å². The predicted molar refractivity (Wildman–Crippen MR) is 107 cm³/mol. The quantitative estimate of drug-likeness (QED) is 0.746. The summed E-state index contributed by atoms with van der Waals surface area (Å²) in [6, 6.07) is 11.2. The SMILES string of the molecule is Cc1cccc(NC(=O)C2CCCN(c3ncnc4cc(Cl)ccc34)C2)n1. The second-order valence-electron chi connectivity index (χ2n) is 6.80. The van der Waals surface area contributed by atoms with Gasteiger partial charge in [0.25, 0.3) is 0 Å². The Morgan fingerprint density at radius 3 is 3.00 bits per heavy atom. The molecule has 1 aliphatic rings. The zero-order valence-electron chi connectivity index (χ0n) is 15.0. The molecule has 0 bridgehead atoms. The molecule has 7 heteroatoms. The Bertz CT molecular complexity index is 993. The molecule has 1 aromatic carbocycles. The molecule has 0 saturated carbocycles. The van der Waals surface area contributed by atoms with Crippen molar-refractivity contribution in [2.45, 2.75) is 19.8 Å². The number of amides is 1. The molecule has 138 valence electrons. The van der Waals surface area contributed by atoms with E-state index >= 15 is 0 Å². The highest BCUT2D eigenvalue weighted by Crippen LogP contribution is 2.29. The number of piperidine rings is 1. The first kappa shape index (κ1) is 17.7. The highest BCUT2D eigenvalue weighted by molar-refractivity contribution is 6.31. The molecule has 1 N–H and O–H groups in total. The van der Waals surface area contributed by atoms with Gasteiger partial charge in [-0.05, 0) is 50.1 Å². The van der Waals surface area contributed by atoms with E-state index in [1.165, 1.54) is 0 Å². The topological polar surface area (TPSA) is 71.0 Å². The molecular formula is C20H20ClN5O. The van der Waals surface area contributed by atoms with Crippen LogP contribution >= 0.6 is 11.6 Å². The van der Waals surface area contributed by atoms with E-state index < -0.39 is 0 Å². The number of hydrogen-bond donors (Lipinski definition) is 1. The maximum atomic E-state index is 12.7. The molecule has 1 aliphatic heterocycles. The van der Waals surface area contributed by atoms with Crippen LogP contribution in [0.15, 0.2) is 42.7 Å². The number of halogens is 1. The number of hydrogen-bond acceptors (Lipinski definition) is 5. The number of aryl methyl sites for hydroxylation is 1. The number of aromatic nitrogens is 3. The molecule has 3 heterocycles. The molecule has 6 nitrogen and oxygen atoms in total. The molecule has 2 aromatic heterocycles. The minimum atomic E-state index is -0.113. The Morgan fingerprint density at radius 1 is 1.26 bits per heavy atom. The predicted octanol–water partition coefficient (Wildman–Crippen LogP) is 3.84. The van der Waals surface area contributed by atoms with Crippen LogP contribution in [0.3, 0.4) is 0 Å². The van der Waals surface area contributed by atoms with Gasteiger partial charge < -0.3 is 10.2 Å². The van der Waals surface area contributed by atoms with Crippen LogP contribution in [-0.2, 0) is 4.79 Å². The number of benzene rings is 1. The summed E-state index contributed by atoms with van der Waals surface area (Å²) in [6.07, 6.45) is 3.33. The highest BCUT2D eigenvalue weighted by atomic mass is 35.5. The van der Waals surface area contributed by atoms with E-state index in [0.717, 1.165) is 41.8 Å². The van der Waals surface area contributed by atoms with Crippen molar-refractivity contribution in [3.05, 3.63) is 53.4 Å². The van der Waals surface area contributed by atoms with Crippen molar-refractivity contribution in [3.63, 3.8) is 0 Å². The molecule has 4 rings (SSSR count). The average Bonchev–Trinajstić information content (AvgIpc) is 2.67. The number of fused-ring (bicyclic) bond motifs is 1. The molecule has 1 unspecified atom stereocenters.